The second-order valence-electron chi connectivity index (χ2n) is 6.76. The summed E-state index contributed by atoms with van der Waals surface area (Å²) in [7, 11) is 0. The number of hydrogen-bond donors (Lipinski definition) is 0. The number of rotatable bonds is 4. The molecule has 126 valence electrons. The summed E-state index contributed by atoms with van der Waals surface area (Å²) in [6.45, 7) is 4.22. The number of nitrogens with zero attached hydrogens (tertiary/aromatic N) is 2. The van der Waals surface area contributed by atoms with Crippen LogP contribution in [0.2, 0.25) is 0 Å². The normalized spacial score (nSPS) is 16.2. The Kier molecular flexibility index (Phi) is 4.00. The van der Waals surface area contributed by atoms with Gasteiger partial charge in [0.1, 0.15) is 5.82 Å². The number of hydrogen-bond acceptors (Lipinski definition) is 2. The summed E-state index contributed by atoms with van der Waals surface area (Å²) in [5, 5.41) is 0. The third-order valence-corrected chi connectivity index (χ3v) is 5.00. The molecule has 3 heteroatoms. The first-order chi connectivity index (χ1) is 12.2. The molecule has 0 N–H and O–H groups in total. The van der Waals surface area contributed by atoms with E-state index in [1.165, 1.54) is 11.1 Å². The van der Waals surface area contributed by atoms with Crippen LogP contribution < -0.4 is 0 Å². The maximum atomic E-state index is 12.9. The minimum atomic E-state index is 0.0559. The van der Waals surface area contributed by atoms with Crippen LogP contribution in [0.25, 0.3) is 17.1 Å². The number of carbonyl (C=O) groups excluding carboxylic acids is 1. The van der Waals surface area contributed by atoms with E-state index in [0.717, 1.165) is 42.0 Å². The second-order valence-corrected chi connectivity index (χ2v) is 6.76. The third-order valence-electron chi connectivity index (χ3n) is 5.00. The predicted molar refractivity (Wildman–Crippen MR) is 100 cm³/mol. The third kappa shape index (κ3) is 2.51. The molecule has 0 bridgehead atoms. The smallest absolute Gasteiger partial charge is 0.183 e. The van der Waals surface area contributed by atoms with Gasteiger partial charge in [-0.15, -0.1) is 0 Å². The van der Waals surface area contributed by atoms with E-state index in [4.69, 9.17) is 0 Å². The van der Waals surface area contributed by atoms with Gasteiger partial charge in [-0.25, -0.2) is 4.98 Å². The van der Waals surface area contributed by atoms with E-state index in [1.54, 1.807) is 6.20 Å². The lowest BCUT2D eigenvalue weighted by Crippen LogP contribution is -2.12. The molecule has 2 heterocycles. The van der Waals surface area contributed by atoms with Crippen molar-refractivity contribution in [3.8, 4) is 17.1 Å². The molecule has 0 saturated heterocycles. The summed E-state index contributed by atoms with van der Waals surface area (Å²) in [5.74, 6) is 1.11. The molecule has 1 aliphatic rings. The van der Waals surface area contributed by atoms with Crippen LogP contribution in [0.1, 0.15) is 41.9 Å². The first-order valence-electron chi connectivity index (χ1n) is 8.99. The molecule has 1 aliphatic carbocycles. The largest absolute Gasteiger partial charge is 0.292 e. The summed E-state index contributed by atoms with van der Waals surface area (Å²) < 4.78 is 2.10. The Hall–Kier alpha value is -2.68. The van der Waals surface area contributed by atoms with Crippen LogP contribution in [0.3, 0.4) is 0 Å². The monoisotopic (exact) mass is 330 g/mol. The van der Waals surface area contributed by atoms with E-state index in [9.17, 15) is 4.79 Å². The first kappa shape index (κ1) is 15.8. The van der Waals surface area contributed by atoms with Crippen molar-refractivity contribution >= 4 is 5.78 Å². The highest BCUT2D eigenvalue weighted by Gasteiger charge is 2.36. The van der Waals surface area contributed by atoms with Crippen molar-refractivity contribution in [3.05, 3.63) is 71.5 Å². The lowest BCUT2D eigenvalue weighted by molar-refractivity contribution is 0.0940. The Bertz CT molecular complexity index is 910. The minimum Gasteiger partial charge on any atom is -0.292 e. The average Bonchev–Trinajstić information content (AvgIpc) is 3.12. The number of fused-ring (bicyclic) bond motifs is 1. The van der Waals surface area contributed by atoms with Crippen molar-refractivity contribution in [2.75, 3.05) is 0 Å². The molecule has 0 amide bonds. The van der Waals surface area contributed by atoms with Gasteiger partial charge in [0.25, 0.3) is 0 Å². The van der Waals surface area contributed by atoms with Crippen LogP contribution in [0.5, 0.6) is 0 Å². The van der Waals surface area contributed by atoms with Gasteiger partial charge in [-0.1, -0.05) is 56.7 Å². The van der Waals surface area contributed by atoms with Crippen LogP contribution in [0, 0.1) is 5.92 Å². The highest BCUT2D eigenvalue weighted by atomic mass is 16.1. The van der Waals surface area contributed by atoms with Crippen molar-refractivity contribution in [2.45, 2.75) is 33.1 Å². The minimum absolute atomic E-state index is 0.0559. The average molecular weight is 330 g/mol. The molecule has 3 aromatic rings. The summed E-state index contributed by atoms with van der Waals surface area (Å²) in [6, 6.07) is 16.2. The Morgan fingerprint density at radius 1 is 1.08 bits per heavy atom. The van der Waals surface area contributed by atoms with Crippen molar-refractivity contribution in [2.24, 2.45) is 5.92 Å². The van der Waals surface area contributed by atoms with E-state index in [0.29, 0.717) is 0 Å². The fourth-order valence-electron chi connectivity index (χ4n) is 3.91. The van der Waals surface area contributed by atoms with Gasteiger partial charge in [-0.3, -0.25) is 9.36 Å². The lowest BCUT2D eigenvalue weighted by Gasteiger charge is -2.14. The quantitative estimate of drug-likeness (QED) is 0.684. The molecule has 1 aromatic carbocycles. The zero-order valence-electron chi connectivity index (χ0n) is 14.7. The molecular weight excluding hydrogens is 308 g/mol. The van der Waals surface area contributed by atoms with Crippen LogP contribution in [-0.4, -0.2) is 15.3 Å². The van der Waals surface area contributed by atoms with Crippen molar-refractivity contribution < 1.29 is 4.79 Å². The van der Waals surface area contributed by atoms with Gasteiger partial charge in [0.15, 0.2) is 5.78 Å². The maximum absolute atomic E-state index is 12.9. The molecule has 0 saturated carbocycles. The van der Waals surface area contributed by atoms with E-state index in [1.807, 2.05) is 31.2 Å². The van der Waals surface area contributed by atoms with Crippen LogP contribution >= 0.6 is 0 Å². The number of carbonyl (C=O) groups is 1. The van der Waals surface area contributed by atoms with Gasteiger partial charge in [0.05, 0.1) is 11.4 Å². The van der Waals surface area contributed by atoms with Crippen molar-refractivity contribution in [3.63, 3.8) is 0 Å². The van der Waals surface area contributed by atoms with E-state index in [-0.39, 0.29) is 11.7 Å². The van der Waals surface area contributed by atoms with Crippen LogP contribution in [0.4, 0.5) is 0 Å². The molecule has 2 aromatic heterocycles. The SMILES string of the molecule is CCCc1c2c(n(-c3ccccn3)c1-c1ccccc1)C(=O)C(C)C2. The highest BCUT2D eigenvalue weighted by molar-refractivity contribution is 6.03. The topological polar surface area (TPSA) is 34.9 Å². The fourth-order valence-corrected chi connectivity index (χ4v) is 3.91. The molecule has 0 spiro atoms. The van der Waals surface area contributed by atoms with Crippen molar-refractivity contribution in [1.82, 2.24) is 9.55 Å². The second kappa shape index (κ2) is 6.32. The van der Waals surface area contributed by atoms with E-state index in [2.05, 4.69) is 40.7 Å². The summed E-state index contributed by atoms with van der Waals surface area (Å²) in [4.78, 5) is 17.5. The fraction of sp³-hybridized carbons (Fsp3) is 0.273. The molecular formula is C22H22N2O. The van der Waals surface area contributed by atoms with Gasteiger partial charge in [-0.05, 0) is 41.7 Å². The van der Waals surface area contributed by atoms with Gasteiger partial charge >= 0.3 is 0 Å². The first-order valence-corrected chi connectivity index (χ1v) is 8.99. The van der Waals surface area contributed by atoms with E-state index < -0.39 is 0 Å². The predicted octanol–water partition coefficient (Wildman–Crippen LogP) is 4.87. The van der Waals surface area contributed by atoms with Gasteiger partial charge < -0.3 is 0 Å². The maximum Gasteiger partial charge on any atom is 0.183 e. The Labute approximate surface area is 148 Å². The number of ketones is 1. The number of Topliss-reactive ketones (excluding diaryl/α,β-unsaturated/α-hetero) is 1. The van der Waals surface area contributed by atoms with Crippen LogP contribution in [-0.2, 0) is 12.8 Å². The van der Waals surface area contributed by atoms with Crippen LogP contribution in [0.15, 0.2) is 54.7 Å². The molecule has 25 heavy (non-hydrogen) atoms. The lowest BCUT2D eigenvalue weighted by atomic mass is 9.98. The molecule has 1 atom stereocenters. The number of benzene rings is 1. The van der Waals surface area contributed by atoms with Gasteiger partial charge in [0, 0.05) is 12.1 Å². The summed E-state index contributed by atoms with van der Waals surface area (Å²) in [5.41, 5.74) is 5.65. The molecule has 0 aliphatic heterocycles. The number of pyridine rings is 1. The Morgan fingerprint density at radius 2 is 1.84 bits per heavy atom. The molecule has 0 fully saturated rings. The standard InChI is InChI=1S/C22H22N2O/c1-3-9-17-18-14-15(2)22(25)21(18)24(19-12-7-8-13-23-19)20(17)16-10-5-4-6-11-16/h4-8,10-13,15H,3,9,14H2,1-2H3. The zero-order valence-corrected chi connectivity index (χ0v) is 14.7. The Balaban J connectivity index is 2.07. The highest BCUT2D eigenvalue weighted by Crippen LogP contribution is 2.40. The number of aromatic nitrogens is 2. The Morgan fingerprint density at radius 3 is 2.52 bits per heavy atom. The molecule has 0 radical (unpaired) electrons. The van der Waals surface area contributed by atoms with Gasteiger partial charge in [0.2, 0.25) is 0 Å². The molecule has 4 rings (SSSR count). The summed E-state index contributed by atoms with van der Waals surface area (Å²) >= 11 is 0. The molecule has 3 nitrogen and oxygen atoms in total. The molecule has 1 unspecified atom stereocenters. The van der Waals surface area contributed by atoms with Crippen molar-refractivity contribution in [1.29, 1.82) is 0 Å². The van der Waals surface area contributed by atoms with E-state index >= 15 is 0 Å². The van der Waals surface area contributed by atoms with Gasteiger partial charge in [-0.2, -0.15) is 0 Å². The zero-order chi connectivity index (χ0) is 17.4. The summed E-state index contributed by atoms with van der Waals surface area (Å²) in [6.07, 6.45) is 4.66.